The first-order valence-corrected chi connectivity index (χ1v) is 5.47. The molecular weight excluding hydrogens is 224 g/mol. The number of alkyl halides is 2. The molecule has 0 unspecified atom stereocenters. The Bertz CT molecular complexity index is 341. The normalized spacial score (nSPS) is 11.8. The summed E-state index contributed by atoms with van der Waals surface area (Å²) in [6.07, 6.45) is 1.55. The summed E-state index contributed by atoms with van der Waals surface area (Å²) in [5.41, 5.74) is -0.00741. The average Bonchev–Trinajstić information content (AvgIpc) is 2.30. The highest BCUT2D eigenvalue weighted by molar-refractivity contribution is 5.20. The fourth-order valence-electron chi connectivity index (χ4n) is 1.61. The van der Waals surface area contributed by atoms with Gasteiger partial charge in [-0.3, -0.25) is 4.90 Å². The van der Waals surface area contributed by atoms with Crippen LogP contribution in [0.25, 0.3) is 0 Å². The molecule has 4 heteroatoms. The summed E-state index contributed by atoms with van der Waals surface area (Å²) in [6, 6.07) is 7.70. The van der Waals surface area contributed by atoms with Gasteiger partial charge in [0.1, 0.15) is 0 Å². The van der Waals surface area contributed by atoms with Gasteiger partial charge in [0, 0.05) is 18.7 Å². The van der Waals surface area contributed by atoms with Gasteiger partial charge in [0.2, 0.25) is 0 Å². The molecule has 0 aliphatic carbocycles. The smallest absolute Gasteiger partial charge is 0.285 e. The van der Waals surface area contributed by atoms with Crippen LogP contribution in [-0.2, 0) is 5.92 Å². The van der Waals surface area contributed by atoms with Crippen molar-refractivity contribution in [3.63, 3.8) is 0 Å². The average molecular weight is 241 g/mol. The number of aliphatic hydroxyl groups is 1. The van der Waals surface area contributed by atoms with E-state index in [2.05, 4.69) is 6.58 Å². The molecule has 0 aromatic heterocycles. The Morgan fingerprint density at radius 1 is 1.29 bits per heavy atom. The molecule has 0 amide bonds. The minimum absolute atomic E-state index is 0.00741. The van der Waals surface area contributed by atoms with Crippen LogP contribution >= 0.6 is 0 Å². The maximum atomic E-state index is 13.9. The number of benzene rings is 1. The lowest BCUT2D eigenvalue weighted by atomic mass is 10.1. The van der Waals surface area contributed by atoms with Crippen molar-refractivity contribution in [3.05, 3.63) is 48.6 Å². The molecule has 0 radical (unpaired) electrons. The predicted molar refractivity (Wildman–Crippen MR) is 64.1 cm³/mol. The summed E-state index contributed by atoms with van der Waals surface area (Å²) in [6.45, 7) is 3.52. The van der Waals surface area contributed by atoms with Gasteiger partial charge in [0.15, 0.2) is 0 Å². The van der Waals surface area contributed by atoms with Crippen molar-refractivity contribution in [1.29, 1.82) is 0 Å². The maximum absolute atomic E-state index is 13.9. The molecule has 0 aliphatic heterocycles. The highest BCUT2D eigenvalue weighted by Gasteiger charge is 2.33. The van der Waals surface area contributed by atoms with Crippen molar-refractivity contribution in [2.24, 2.45) is 0 Å². The van der Waals surface area contributed by atoms with Crippen molar-refractivity contribution in [2.75, 3.05) is 26.2 Å². The summed E-state index contributed by atoms with van der Waals surface area (Å²) < 4.78 is 27.8. The second-order valence-corrected chi connectivity index (χ2v) is 3.82. The van der Waals surface area contributed by atoms with Gasteiger partial charge in [-0.2, -0.15) is 8.78 Å². The van der Waals surface area contributed by atoms with Crippen LogP contribution in [0.5, 0.6) is 0 Å². The molecule has 0 atom stereocenters. The van der Waals surface area contributed by atoms with Crippen LogP contribution in [0.3, 0.4) is 0 Å². The standard InChI is InChI=1S/C13H17F2NO/c1-2-8-16(9-10-17)11-13(14,15)12-6-4-3-5-7-12/h2-7,17H,1,8-11H2. The van der Waals surface area contributed by atoms with Crippen LogP contribution < -0.4 is 0 Å². The highest BCUT2D eigenvalue weighted by Crippen LogP contribution is 2.28. The summed E-state index contributed by atoms with van der Waals surface area (Å²) in [7, 11) is 0. The fourth-order valence-corrected chi connectivity index (χ4v) is 1.61. The Hall–Kier alpha value is -1.26. The van der Waals surface area contributed by atoms with E-state index in [9.17, 15) is 8.78 Å². The minimum Gasteiger partial charge on any atom is -0.395 e. The van der Waals surface area contributed by atoms with Crippen molar-refractivity contribution in [3.8, 4) is 0 Å². The van der Waals surface area contributed by atoms with E-state index in [1.165, 1.54) is 17.0 Å². The molecule has 1 rings (SSSR count). The molecule has 94 valence electrons. The number of nitrogens with zero attached hydrogens (tertiary/aromatic N) is 1. The van der Waals surface area contributed by atoms with E-state index in [1.54, 1.807) is 24.3 Å². The van der Waals surface area contributed by atoms with Crippen LogP contribution in [0, 0.1) is 0 Å². The quantitative estimate of drug-likeness (QED) is 0.740. The molecule has 0 saturated heterocycles. The van der Waals surface area contributed by atoms with E-state index in [-0.39, 0.29) is 18.7 Å². The van der Waals surface area contributed by atoms with Gasteiger partial charge in [-0.25, -0.2) is 0 Å². The first-order valence-electron chi connectivity index (χ1n) is 5.47. The third-order valence-corrected chi connectivity index (χ3v) is 2.42. The topological polar surface area (TPSA) is 23.5 Å². The van der Waals surface area contributed by atoms with Crippen molar-refractivity contribution < 1.29 is 13.9 Å². The fraction of sp³-hybridized carbons (Fsp3) is 0.385. The largest absolute Gasteiger partial charge is 0.395 e. The molecule has 0 aliphatic rings. The zero-order valence-corrected chi connectivity index (χ0v) is 9.65. The highest BCUT2D eigenvalue weighted by atomic mass is 19.3. The molecule has 1 N–H and O–H groups in total. The summed E-state index contributed by atoms with van der Waals surface area (Å²) in [5, 5.41) is 8.81. The zero-order valence-electron chi connectivity index (χ0n) is 9.65. The molecule has 0 saturated carbocycles. The predicted octanol–water partition coefficient (Wildman–Crippen LogP) is 2.26. The number of hydrogen-bond donors (Lipinski definition) is 1. The molecule has 0 spiro atoms. The Kier molecular flexibility index (Phi) is 5.25. The van der Waals surface area contributed by atoms with Crippen LogP contribution in [0.2, 0.25) is 0 Å². The van der Waals surface area contributed by atoms with Gasteiger partial charge < -0.3 is 5.11 Å². The van der Waals surface area contributed by atoms with Crippen LogP contribution in [0.1, 0.15) is 5.56 Å². The first-order chi connectivity index (χ1) is 8.10. The Morgan fingerprint density at radius 3 is 2.47 bits per heavy atom. The Morgan fingerprint density at radius 2 is 1.94 bits per heavy atom. The molecule has 0 fully saturated rings. The molecular formula is C13H17F2NO. The Balaban J connectivity index is 2.72. The minimum atomic E-state index is -2.92. The van der Waals surface area contributed by atoms with E-state index >= 15 is 0 Å². The molecule has 0 heterocycles. The van der Waals surface area contributed by atoms with Crippen molar-refractivity contribution in [1.82, 2.24) is 4.90 Å². The lowest BCUT2D eigenvalue weighted by Gasteiger charge is -2.25. The van der Waals surface area contributed by atoms with Gasteiger partial charge in [0.25, 0.3) is 5.92 Å². The van der Waals surface area contributed by atoms with E-state index in [4.69, 9.17) is 5.11 Å². The molecule has 17 heavy (non-hydrogen) atoms. The number of rotatable bonds is 7. The zero-order chi connectivity index (χ0) is 12.7. The number of hydrogen-bond acceptors (Lipinski definition) is 2. The van der Waals surface area contributed by atoms with Crippen molar-refractivity contribution >= 4 is 0 Å². The van der Waals surface area contributed by atoms with Crippen molar-refractivity contribution in [2.45, 2.75) is 5.92 Å². The van der Waals surface area contributed by atoms with Gasteiger partial charge >= 0.3 is 0 Å². The molecule has 0 bridgehead atoms. The second-order valence-electron chi connectivity index (χ2n) is 3.82. The molecule has 1 aromatic rings. The van der Waals surface area contributed by atoms with Crippen LogP contribution in [0.15, 0.2) is 43.0 Å². The summed E-state index contributed by atoms with van der Waals surface area (Å²) in [5.74, 6) is -2.92. The van der Waals surface area contributed by atoms with E-state index in [0.717, 1.165) is 0 Å². The van der Waals surface area contributed by atoms with Crippen LogP contribution in [-0.4, -0.2) is 36.2 Å². The number of halogens is 2. The Labute approximate surface area is 100 Å². The third-order valence-electron chi connectivity index (χ3n) is 2.42. The number of aliphatic hydroxyl groups excluding tert-OH is 1. The van der Waals surface area contributed by atoms with Gasteiger partial charge in [-0.05, 0) is 0 Å². The monoisotopic (exact) mass is 241 g/mol. The first kappa shape index (κ1) is 13.8. The lowest BCUT2D eigenvalue weighted by Crippen LogP contribution is -2.37. The SMILES string of the molecule is C=CCN(CCO)CC(F)(F)c1ccccc1. The molecule has 2 nitrogen and oxygen atoms in total. The maximum Gasteiger partial charge on any atom is 0.285 e. The summed E-state index contributed by atoms with van der Waals surface area (Å²) in [4.78, 5) is 1.47. The van der Waals surface area contributed by atoms with E-state index in [0.29, 0.717) is 6.54 Å². The summed E-state index contributed by atoms with van der Waals surface area (Å²) >= 11 is 0. The molecule has 1 aromatic carbocycles. The second kappa shape index (κ2) is 6.47. The van der Waals surface area contributed by atoms with Crippen LogP contribution in [0.4, 0.5) is 8.78 Å². The van der Waals surface area contributed by atoms with Gasteiger partial charge in [0.05, 0.1) is 13.2 Å². The lowest BCUT2D eigenvalue weighted by molar-refractivity contribution is -0.0377. The van der Waals surface area contributed by atoms with Gasteiger partial charge in [-0.15, -0.1) is 6.58 Å². The van der Waals surface area contributed by atoms with E-state index in [1.807, 2.05) is 0 Å². The van der Waals surface area contributed by atoms with E-state index < -0.39 is 12.5 Å². The van der Waals surface area contributed by atoms with Gasteiger partial charge in [-0.1, -0.05) is 36.4 Å². The third kappa shape index (κ3) is 4.24.